The number of benzene rings is 1. The van der Waals surface area contributed by atoms with Crippen molar-refractivity contribution in [1.29, 1.82) is 5.41 Å². The zero-order chi connectivity index (χ0) is 15.4. The topological polar surface area (TPSA) is 72.0 Å². The zero-order valence-corrected chi connectivity index (χ0v) is 13.5. The molecule has 2 rings (SSSR count). The molecule has 0 fully saturated rings. The van der Waals surface area contributed by atoms with Gasteiger partial charge in [0.2, 0.25) is 0 Å². The van der Waals surface area contributed by atoms with E-state index in [4.69, 9.17) is 15.9 Å². The van der Waals surface area contributed by atoms with Crippen molar-refractivity contribution in [3.8, 4) is 5.75 Å². The molecule has 2 aromatic rings. The molecule has 0 saturated heterocycles. The van der Waals surface area contributed by atoms with Gasteiger partial charge in [0.05, 0.1) is 22.2 Å². The quantitative estimate of drug-likeness (QED) is 0.634. The van der Waals surface area contributed by atoms with Crippen LogP contribution in [0.25, 0.3) is 0 Å². The van der Waals surface area contributed by atoms with Crippen LogP contribution in [-0.2, 0) is 6.42 Å². The van der Waals surface area contributed by atoms with Gasteiger partial charge in [-0.05, 0) is 30.5 Å². The van der Waals surface area contributed by atoms with Crippen molar-refractivity contribution in [2.24, 2.45) is 5.73 Å². The summed E-state index contributed by atoms with van der Waals surface area (Å²) in [5.74, 6) is 1.47. The third-order valence-corrected chi connectivity index (χ3v) is 4.45. The van der Waals surface area contributed by atoms with Crippen LogP contribution in [0.1, 0.15) is 40.9 Å². The number of hydrogen-bond acceptors (Lipinski definition) is 4. The Hall–Kier alpha value is -1.88. The summed E-state index contributed by atoms with van der Waals surface area (Å²) in [7, 11) is 0. The first-order valence-electron chi connectivity index (χ1n) is 7.01. The zero-order valence-electron chi connectivity index (χ0n) is 12.6. The first-order valence-corrected chi connectivity index (χ1v) is 7.82. The molecule has 0 aliphatic carbocycles. The minimum Gasteiger partial charge on any atom is -0.493 e. The van der Waals surface area contributed by atoms with E-state index in [-0.39, 0.29) is 5.84 Å². The predicted molar refractivity (Wildman–Crippen MR) is 87.6 cm³/mol. The fourth-order valence-electron chi connectivity index (χ4n) is 2.03. The number of aryl methyl sites for hydroxylation is 1. The first kappa shape index (κ1) is 15.5. The number of nitrogens with zero attached hydrogens (tertiary/aromatic N) is 1. The van der Waals surface area contributed by atoms with Crippen molar-refractivity contribution in [2.45, 2.75) is 33.1 Å². The molecule has 21 heavy (non-hydrogen) atoms. The lowest BCUT2D eigenvalue weighted by Crippen LogP contribution is -2.10. The molecule has 1 heterocycles. The maximum absolute atomic E-state index is 7.48. The Kier molecular flexibility index (Phi) is 4.96. The van der Waals surface area contributed by atoms with E-state index >= 15 is 0 Å². The highest BCUT2D eigenvalue weighted by Gasteiger charge is 2.10. The standard InChI is InChI=1S/C16H21N3OS/c1-10(2)12-5-4-6-13(9-12)20-8-7-14-19-11(3)15(21-14)16(17)18/h4-6,9-10H,7-8H2,1-3H3,(H3,17,18). The minimum absolute atomic E-state index is 0.0850. The van der Waals surface area contributed by atoms with Crippen LogP contribution in [0.3, 0.4) is 0 Å². The van der Waals surface area contributed by atoms with E-state index in [9.17, 15) is 0 Å². The molecule has 0 radical (unpaired) electrons. The fraction of sp³-hybridized carbons (Fsp3) is 0.375. The van der Waals surface area contributed by atoms with E-state index in [0.29, 0.717) is 12.5 Å². The summed E-state index contributed by atoms with van der Waals surface area (Å²) in [4.78, 5) is 5.18. The van der Waals surface area contributed by atoms with E-state index in [1.165, 1.54) is 16.9 Å². The third kappa shape index (κ3) is 4.04. The molecule has 0 spiro atoms. The SMILES string of the molecule is Cc1nc(CCOc2cccc(C(C)C)c2)sc1C(=N)N. The summed E-state index contributed by atoms with van der Waals surface area (Å²) in [6.45, 7) is 6.79. The van der Waals surface area contributed by atoms with Crippen molar-refractivity contribution < 1.29 is 4.74 Å². The molecule has 4 nitrogen and oxygen atoms in total. The van der Waals surface area contributed by atoms with Crippen molar-refractivity contribution in [2.75, 3.05) is 6.61 Å². The Balaban J connectivity index is 1.94. The molecule has 0 unspecified atom stereocenters. The van der Waals surface area contributed by atoms with Gasteiger partial charge in [0, 0.05) is 6.42 Å². The smallest absolute Gasteiger partial charge is 0.135 e. The third-order valence-electron chi connectivity index (χ3n) is 3.19. The fourth-order valence-corrected chi connectivity index (χ4v) is 2.94. The molecule has 112 valence electrons. The van der Waals surface area contributed by atoms with E-state index < -0.39 is 0 Å². The van der Waals surface area contributed by atoms with E-state index in [1.54, 1.807) is 0 Å². The van der Waals surface area contributed by atoms with Crippen LogP contribution in [0.2, 0.25) is 0 Å². The molecule has 5 heteroatoms. The molecular formula is C16H21N3OS. The number of nitrogen functional groups attached to an aromatic ring is 1. The Morgan fingerprint density at radius 3 is 2.81 bits per heavy atom. The van der Waals surface area contributed by atoms with Crippen molar-refractivity contribution in [3.05, 3.63) is 45.4 Å². The number of ether oxygens (including phenoxy) is 1. The molecule has 3 N–H and O–H groups in total. The summed E-state index contributed by atoms with van der Waals surface area (Å²) in [5.41, 5.74) is 7.61. The largest absolute Gasteiger partial charge is 0.493 e. The maximum atomic E-state index is 7.48. The van der Waals surface area contributed by atoms with Crippen LogP contribution in [0.15, 0.2) is 24.3 Å². The number of nitrogens with two attached hydrogens (primary N) is 1. The Morgan fingerprint density at radius 2 is 2.19 bits per heavy atom. The second-order valence-electron chi connectivity index (χ2n) is 5.26. The monoisotopic (exact) mass is 303 g/mol. The minimum atomic E-state index is 0.0850. The molecule has 0 saturated carbocycles. The Bertz CT molecular complexity index is 634. The Labute approximate surface area is 129 Å². The van der Waals surface area contributed by atoms with Gasteiger partial charge in [0.25, 0.3) is 0 Å². The number of amidine groups is 1. The summed E-state index contributed by atoms with van der Waals surface area (Å²) in [6.07, 6.45) is 0.727. The highest BCUT2D eigenvalue weighted by molar-refractivity contribution is 7.13. The van der Waals surface area contributed by atoms with Gasteiger partial charge in [-0.15, -0.1) is 11.3 Å². The van der Waals surface area contributed by atoms with E-state index in [1.807, 2.05) is 19.1 Å². The lowest BCUT2D eigenvalue weighted by molar-refractivity contribution is 0.321. The second-order valence-corrected chi connectivity index (χ2v) is 6.35. The number of aromatic nitrogens is 1. The molecule has 0 amide bonds. The van der Waals surface area contributed by atoms with Gasteiger partial charge in [0.15, 0.2) is 0 Å². The molecule has 1 aromatic carbocycles. The van der Waals surface area contributed by atoms with Crippen LogP contribution in [0.4, 0.5) is 0 Å². The average Bonchev–Trinajstić information content (AvgIpc) is 2.80. The van der Waals surface area contributed by atoms with Crippen molar-refractivity contribution in [1.82, 2.24) is 4.98 Å². The van der Waals surface area contributed by atoms with Gasteiger partial charge in [-0.2, -0.15) is 0 Å². The van der Waals surface area contributed by atoms with Gasteiger partial charge in [-0.25, -0.2) is 4.98 Å². The van der Waals surface area contributed by atoms with Crippen molar-refractivity contribution in [3.63, 3.8) is 0 Å². The normalized spacial score (nSPS) is 10.9. The lowest BCUT2D eigenvalue weighted by Gasteiger charge is -2.09. The van der Waals surface area contributed by atoms with E-state index in [0.717, 1.165) is 27.7 Å². The maximum Gasteiger partial charge on any atom is 0.135 e. The van der Waals surface area contributed by atoms with Crippen LogP contribution in [0, 0.1) is 12.3 Å². The highest BCUT2D eigenvalue weighted by Crippen LogP contribution is 2.21. The molecule has 0 bridgehead atoms. The van der Waals surface area contributed by atoms with Crippen LogP contribution in [0.5, 0.6) is 5.75 Å². The Morgan fingerprint density at radius 1 is 1.43 bits per heavy atom. The molecule has 0 atom stereocenters. The van der Waals surface area contributed by atoms with Gasteiger partial charge < -0.3 is 10.5 Å². The van der Waals surface area contributed by atoms with Gasteiger partial charge in [0.1, 0.15) is 11.6 Å². The summed E-state index contributed by atoms with van der Waals surface area (Å²) in [6, 6.07) is 8.19. The van der Waals surface area contributed by atoms with Crippen LogP contribution < -0.4 is 10.5 Å². The van der Waals surface area contributed by atoms with Gasteiger partial charge in [-0.3, -0.25) is 5.41 Å². The number of hydrogen-bond donors (Lipinski definition) is 2. The van der Waals surface area contributed by atoms with Gasteiger partial charge in [-0.1, -0.05) is 26.0 Å². The van der Waals surface area contributed by atoms with Crippen LogP contribution >= 0.6 is 11.3 Å². The number of thiazole rings is 1. The molecule has 1 aromatic heterocycles. The lowest BCUT2D eigenvalue weighted by atomic mass is 10.0. The summed E-state index contributed by atoms with van der Waals surface area (Å²) < 4.78 is 5.79. The number of rotatable bonds is 6. The number of nitrogens with one attached hydrogen (secondary N) is 1. The molecule has 0 aliphatic heterocycles. The van der Waals surface area contributed by atoms with Gasteiger partial charge >= 0.3 is 0 Å². The first-order chi connectivity index (χ1) is 9.97. The van der Waals surface area contributed by atoms with E-state index in [2.05, 4.69) is 31.0 Å². The van der Waals surface area contributed by atoms with Crippen molar-refractivity contribution >= 4 is 17.2 Å². The predicted octanol–water partition coefficient (Wildman–Crippen LogP) is 3.48. The summed E-state index contributed by atoms with van der Waals surface area (Å²) in [5, 5.41) is 8.44. The molecular weight excluding hydrogens is 282 g/mol. The average molecular weight is 303 g/mol. The summed E-state index contributed by atoms with van der Waals surface area (Å²) >= 11 is 1.47. The highest BCUT2D eigenvalue weighted by atomic mass is 32.1. The molecule has 0 aliphatic rings. The van der Waals surface area contributed by atoms with Crippen LogP contribution in [-0.4, -0.2) is 17.4 Å². The second kappa shape index (κ2) is 6.72.